The minimum Gasteiger partial charge on any atom is -0.310 e. The average molecular weight is 308 g/mol. The van der Waals surface area contributed by atoms with Crippen LogP contribution in [-0.4, -0.2) is 6.04 Å². The molecule has 1 aliphatic carbocycles. The van der Waals surface area contributed by atoms with E-state index in [1.807, 2.05) is 12.1 Å². The fourth-order valence-corrected chi connectivity index (χ4v) is 2.83. The van der Waals surface area contributed by atoms with Gasteiger partial charge in [0.05, 0.1) is 0 Å². The standard InChI is InChI=1S/C17H16ClF2N/c18-14-4-2-12(3-5-14)13-8-15(9-13)21-10-11-1-6-16(19)17(20)7-11/h1-7,13,15,21H,8-10H2. The van der Waals surface area contributed by atoms with Gasteiger partial charge in [-0.05, 0) is 54.2 Å². The average Bonchev–Trinajstić information content (AvgIpc) is 2.43. The Morgan fingerprint density at radius 1 is 1.00 bits per heavy atom. The molecule has 0 aromatic heterocycles. The first-order valence-electron chi connectivity index (χ1n) is 7.04. The monoisotopic (exact) mass is 307 g/mol. The van der Waals surface area contributed by atoms with E-state index < -0.39 is 11.6 Å². The van der Waals surface area contributed by atoms with Gasteiger partial charge in [-0.25, -0.2) is 8.78 Å². The molecule has 0 unspecified atom stereocenters. The van der Waals surface area contributed by atoms with Crippen molar-refractivity contribution in [3.63, 3.8) is 0 Å². The van der Waals surface area contributed by atoms with Crippen LogP contribution in [0.2, 0.25) is 5.02 Å². The Hall–Kier alpha value is -1.45. The summed E-state index contributed by atoms with van der Waals surface area (Å²) in [5, 5.41) is 4.13. The summed E-state index contributed by atoms with van der Waals surface area (Å²) in [7, 11) is 0. The van der Waals surface area contributed by atoms with Crippen LogP contribution in [0.5, 0.6) is 0 Å². The van der Waals surface area contributed by atoms with E-state index in [0.717, 1.165) is 23.4 Å². The van der Waals surface area contributed by atoms with E-state index in [4.69, 9.17) is 11.6 Å². The molecule has 21 heavy (non-hydrogen) atoms. The molecule has 0 spiro atoms. The van der Waals surface area contributed by atoms with E-state index in [9.17, 15) is 8.78 Å². The van der Waals surface area contributed by atoms with Gasteiger partial charge in [0.2, 0.25) is 0 Å². The molecule has 0 heterocycles. The topological polar surface area (TPSA) is 12.0 Å². The summed E-state index contributed by atoms with van der Waals surface area (Å²) in [6, 6.07) is 12.4. The third-order valence-electron chi connectivity index (χ3n) is 4.06. The lowest BCUT2D eigenvalue weighted by atomic mass is 9.76. The molecule has 110 valence electrons. The highest BCUT2D eigenvalue weighted by atomic mass is 35.5. The lowest BCUT2D eigenvalue weighted by Crippen LogP contribution is -2.39. The van der Waals surface area contributed by atoms with Crippen molar-refractivity contribution in [1.29, 1.82) is 0 Å². The van der Waals surface area contributed by atoms with Crippen molar-refractivity contribution < 1.29 is 8.78 Å². The molecule has 2 aromatic rings. The van der Waals surface area contributed by atoms with Crippen molar-refractivity contribution >= 4 is 11.6 Å². The second-order valence-corrected chi connectivity index (χ2v) is 5.98. The molecule has 1 nitrogen and oxygen atoms in total. The van der Waals surface area contributed by atoms with Crippen LogP contribution in [0.4, 0.5) is 8.78 Å². The summed E-state index contributed by atoms with van der Waals surface area (Å²) in [6.07, 6.45) is 2.12. The van der Waals surface area contributed by atoms with Crippen LogP contribution in [0.3, 0.4) is 0 Å². The molecule has 2 aromatic carbocycles. The zero-order valence-electron chi connectivity index (χ0n) is 11.5. The van der Waals surface area contributed by atoms with Crippen molar-refractivity contribution in [1.82, 2.24) is 5.32 Å². The van der Waals surface area contributed by atoms with Gasteiger partial charge in [0, 0.05) is 17.6 Å². The Balaban J connectivity index is 1.48. The van der Waals surface area contributed by atoms with Gasteiger partial charge in [-0.3, -0.25) is 0 Å². The molecule has 4 heteroatoms. The SMILES string of the molecule is Fc1ccc(CNC2CC(c3ccc(Cl)cc3)C2)cc1F. The Morgan fingerprint density at radius 3 is 2.38 bits per heavy atom. The Bertz CT molecular complexity index is 621. The first-order valence-corrected chi connectivity index (χ1v) is 7.42. The number of benzene rings is 2. The molecule has 1 N–H and O–H groups in total. The lowest BCUT2D eigenvalue weighted by Gasteiger charge is -2.36. The highest BCUT2D eigenvalue weighted by molar-refractivity contribution is 6.30. The Labute approximate surface area is 127 Å². The molecule has 1 saturated carbocycles. The van der Waals surface area contributed by atoms with Crippen LogP contribution in [0.25, 0.3) is 0 Å². The van der Waals surface area contributed by atoms with Crippen LogP contribution in [-0.2, 0) is 6.54 Å². The van der Waals surface area contributed by atoms with Crippen LogP contribution >= 0.6 is 11.6 Å². The minimum atomic E-state index is -0.801. The zero-order chi connectivity index (χ0) is 14.8. The fourth-order valence-electron chi connectivity index (χ4n) is 2.70. The van der Waals surface area contributed by atoms with E-state index in [-0.39, 0.29) is 0 Å². The zero-order valence-corrected chi connectivity index (χ0v) is 12.2. The quantitative estimate of drug-likeness (QED) is 0.866. The first kappa shape index (κ1) is 14.5. The maximum Gasteiger partial charge on any atom is 0.159 e. The van der Waals surface area contributed by atoms with Gasteiger partial charge in [0.1, 0.15) is 0 Å². The first-order chi connectivity index (χ1) is 10.1. The number of rotatable bonds is 4. The third-order valence-corrected chi connectivity index (χ3v) is 4.31. The van der Waals surface area contributed by atoms with Gasteiger partial charge in [-0.1, -0.05) is 29.8 Å². The summed E-state index contributed by atoms with van der Waals surface area (Å²) < 4.78 is 25.9. The molecule has 0 atom stereocenters. The highest BCUT2D eigenvalue weighted by Gasteiger charge is 2.29. The maximum atomic E-state index is 13.1. The van der Waals surface area contributed by atoms with E-state index in [2.05, 4.69) is 17.4 Å². The van der Waals surface area contributed by atoms with Gasteiger partial charge >= 0.3 is 0 Å². The molecule has 0 bridgehead atoms. The minimum absolute atomic E-state index is 0.429. The number of hydrogen-bond donors (Lipinski definition) is 1. The van der Waals surface area contributed by atoms with E-state index >= 15 is 0 Å². The summed E-state index contributed by atoms with van der Waals surface area (Å²) in [6.45, 7) is 0.565. The highest BCUT2D eigenvalue weighted by Crippen LogP contribution is 2.37. The van der Waals surface area contributed by atoms with Gasteiger partial charge < -0.3 is 5.32 Å². The molecule has 0 saturated heterocycles. The molecule has 0 radical (unpaired) electrons. The second-order valence-electron chi connectivity index (χ2n) is 5.55. The Morgan fingerprint density at radius 2 is 1.71 bits per heavy atom. The predicted octanol–water partition coefficient (Wildman–Crippen LogP) is 4.65. The molecule has 0 aliphatic heterocycles. The van der Waals surface area contributed by atoms with E-state index in [1.165, 1.54) is 17.7 Å². The summed E-state index contributed by atoms with van der Waals surface area (Å²) >= 11 is 5.88. The maximum absolute atomic E-state index is 13.1. The predicted molar refractivity (Wildman–Crippen MR) is 80.4 cm³/mol. The number of hydrogen-bond acceptors (Lipinski definition) is 1. The van der Waals surface area contributed by atoms with Crippen molar-refractivity contribution in [3.05, 3.63) is 70.2 Å². The molecular formula is C17H16ClF2N. The lowest BCUT2D eigenvalue weighted by molar-refractivity contribution is 0.289. The molecular weight excluding hydrogens is 292 g/mol. The van der Waals surface area contributed by atoms with Crippen molar-refractivity contribution in [2.24, 2.45) is 0 Å². The van der Waals surface area contributed by atoms with Crippen LogP contribution < -0.4 is 5.32 Å². The third kappa shape index (κ3) is 3.42. The number of halogens is 3. The fraction of sp³-hybridized carbons (Fsp3) is 0.294. The van der Waals surface area contributed by atoms with Crippen molar-refractivity contribution in [2.45, 2.75) is 31.3 Å². The van der Waals surface area contributed by atoms with Gasteiger partial charge in [-0.15, -0.1) is 0 Å². The van der Waals surface area contributed by atoms with E-state index in [1.54, 1.807) is 6.07 Å². The molecule has 3 rings (SSSR count). The van der Waals surface area contributed by atoms with E-state index in [0.29, 0.717) is 18.5 Å². The summed E-state index contributed by atoms with van der Waals surface area (Å²) in [4.78, 5) is 0. The largest absolute Gasteiger partial charge is 0.310 e. The number of nitrogens with one attached hydrogen (secondary N) is 1. The summed E-state index contributed by atoms with van der Waals surface area (Å²) in [5.41, 5.74) is 2.08. The van der Waals surface area contributed by atoms with Crippen LogP contribution in [0, 0.1) is 11.6 Å². The smallest absolute Gasteiger partial charge is 0.159 e. The van der Waals surface area contributed by atoms with Crippen molar-refractivity contribution in [2.75, 3.05) is 0 Å². The van der Waals surface area contributed by atoms with Crippen molar-refractivity contribution in [3.8, 4) is 0 Å². The van der Waals surface area contributed by atoms with Crippen LogP contribution in [0.15, 0.2) is 42.5 Å². The molecule has 1 aliphatic rings. The van der Waals surface area contributed by atoms with Gasteiger partial charge in [0.15, 0.2) is 11.6 Å². The normalized spacial score (nSPS) is 21.1. The van der Waals surface area contributed by atoms with Gasteiger partial charge in [-0.2, -0.15) is 0 Å². The van der Waals surface area contributed by atoms with Gasteiger partial charge in [0.25, 0.3) is 0 Å². The second kappa shape index (κ2) is 6.12. The Kier molecular flexibility index (Phi) is 4.22. The molecule has 0 amide bonds. The summed E-state index contributed by atoms with van der Waals surface area (Å²) in [5.74, 6) is -1.03. The molecule has 1 fully saturated rings. The van der Waals surface area contributed by atoms with Crippen LogP contribution in [0.1, 0.15) is 29.9 Å².